The largest absolute Gasteiger partial charge is 0.0694 e. The molecule has 1 aliphatic carbocycles. The standard InChI is InChI=1S/C15H20/c1-12-6-8-14(9-7-12)11-15-5-3-4-13(2)10-15/h6-9,11,13H,3-5,10H2,1-2H3/b15-11-. The van der Waals surface area contributed by atoms with Crippen molar-refractivity contribution < 1.29 is 0 Å². The van der Waals surface area contributed by atoms with Crippen LogP contribution in [0.25, 0.3) is 6.08 Å². The summed E-state index contributed by atoms with van der Waals surface area (Å²) in [7, 11) is 0. The molecule has 15 heavy (non-hydrogen) atoms. The van der Waals surface area contributed by atoms with Crippen LogP contribution in [0.2, 0.25) is 0 Å². The quantitative estimate of drug-likeness (QED) is 0.622. The van der Waals surface area contributed by atoms with Crippen LogP contribution in [0.3, 0.4) is 0 Å². The van der Waals surface area contributed by atoms with E-state index in [4.69, 9.17) is 0 Å². The Bertz CT molecular complexity index is 343. The molecule has 0 bridgehead atoms. The Morgan fingerprint density at radius 1 is 1.20 bits per heavy atom. The molecule has 1 unspecified atom stereocenters. The van der Waals surface area contributed by atoms with Gasteiger partial charge in [-0.3, -0.25) is 0 Å². The van der Waals surface area contributed by atoms with Gasteiger partial charge in [0, 0.05) is 0 Å². The van der Waals surface area contributed by atoms with E-state index in [9.17, 15) is 0 Å². The number of benzene rings is 1. The molecule has 0 spiro atoms. The Labute approximate surface area is 93.0 Å². The molecule has 1 aromatic carbocycles. The van der Waals surface area contributed by atoms with Gasteiger partial charge >= 0.3 is 0 Å². The zero-order valence-corrected chi connectivity index (χ0v) is 9.79. The second-order valence-electron chi connectivity index (χ2n) is 4.91. The third kappa shape index (κ3) is 2.95. The van der Waals surface area contributed by atoms with Crippen LogP contribution >= 0.6 is 0 Å². The number of hydrogen-bond donors (Lipinski definition) is 0. The van der Waals surface area contributed by atoms with Crippen LogP contribution in [0.1, 0.15) is 43.7 Å². The number of aryl methyl sites for hydroxylation is 1. The molecule has 2 rings (SSSR count). The average molecular weight is 200 g/mol. The predicted octanol–water partition coefficient (Wildman–Crippen LogP) is 4.59. The van der Waals surface area contributed by atoms with Gasteiger partial charge < -0.3 is 0 Å². The van der Waals surface area contributed by atoms with Gasteiger partial charge in [0.15, 0.2) is 0 Å². The van der Waals surface area contributed by atoms with Crippen molar-refractivity contribution in [3.05, 3.63) is 41.0 Å². The molecule has 0 aromatic heterocycles. The van der Waals surface area contributed by atoms with Gasteiger partial charge in [-0.25, -0.2) is 0 Å². The summed E-state index contributed by atoms with van der Waals surface area (Å²) in [6.45, 7) is 4.50. The molecule has 0 heteroatoms. The van der Waals surface area contributed by atoms with E-state index in [1.807, 2.05) is 0 Å². The highest BCUT2D eigenvalue weighted by Crippen LogP contribution is 2.29. The summed E-state index contributed by atoms with van der Waals surface area (Å²) in [5, 5.41) is 0. The fourth-order valence-electron chi connectivity index (χ4n) is 2.36. The van der Waals surface area contributed by atoms with Crippen LogP contribution in [-0.2, 0) is 0 Å². The van der Waals surface area contributed by atoms with Crippen molar-refractivity contribution in [1.29, 1.82) is 0 Å². The van der Waals surface area contributed by atoms with Crippen molar-refractivity contribution in [1.82, 2.24) is 0 Å². The van der Waals surface area contributed by atoms with Gasteiger partial charge in [0.05, 0.1) is 0 Å². The fourth-order valence-corrected chi connectivity index (χ4v) is 2.36. The maximum Gasteiger partial charge on any atom is -0.0257 e. The maximum atomic E-state index is 2.38. The minimum atomic E-state index is 0.885. The first-order valence-corrected chi connectivity index (χ1v) is 6.00. The molecule has 0 nitrogen and oxygen atoms in total. The van der Waals surface area contributed by atoms with Gasteiger partial charge in [0.1, 0.15) is 0 Å². The maximum absolute atomic E-state index is 2.38. The first-order valence-electron chi connectivity index (χ1n) is 6.00. The van der Waals surface area contributed by atoms with E-state index in [0.717, 1.165) is 5.92 Å². The highest BCUT2D eigenvalue weighted by molar-refractivity contribution is 5.53. The first-order chi connectivity index (χ1) is 7.24. The van der Waals surface area contributed by atoms with Gasteiger partial charge in [-0.05, 0) is 37.7 Å². The van der Waals surface area contributed by atoms with Crippen molar-refractivity contribution in [3.8, 4) is 0 Å². The van der Waals surface area contributed by atoms with Gasteiger partial charge in [-0.2, -0.15) is 0 Å². The highest BCUT2D eigenvalue weighted by atomic mass is 14.2. The fraction of sp³-hybridized carbons (Fsp3) is 0.467. The topological polar surface area (TPSA) is 0 Å². The lowest BCUT2D eigenvalue weighted by Crippen LogP contribution is -2.03. The third-order valence-corrected chi connectivity index (χ3v) is 3.25. The van der Waals surface area contributed by atoms with Crippen LogP contribution in [0, 0.1) is 12.8 Å². The summed E-state index contributed by atoms with van der Waals surface area (Å²) in [4.78, 5) is 0. The monoisotopic (exact) mass is 200 g/mol. The Morgan fingerprint density at radius 3 is 2.60 bits per heavy atom. The molecule has 1 fully saturated rings. The normalized spacial score (nSPS) is 24.4. The van der Waals surface area contributed by atoms with E-state index in [1.165, 1.54) is 36.8 Å². The molecule has 1 atom stereocenters. The van der Waals surface area contributed by atoms with Crippen LogP contribution in [0.15, 0.2) is 29.8 Å². The lowest BCUT2D eigenvalue weighted by atomic mass is 9.86. The van der Waals surface area contributed by atoms with E-state index >= 15 is 0 Å². The zero-order chi connectivity index (χ0) is 10.7. The smallest absolute Gasteiger partial charge is 0.0257 e. The predicted molar refractivity (Wildman–Crippen MR) is 66.8 cm³/mol. The van der Waals surface area contributed by atoms with Crippen molar-refractivity contribution in [2.75, 3.05) is 0 Å². The molecule has 0 radical (unpaired) electrons. The summed E-state index contributed by atoms with van der Waals surface area (Å²) in [5.74, 6) is 0.885. The van der Waals surface area contributed by atoms with Crippen molar-refractivity contribution in [2.45, 2.75) is 39.5 Å². The summed E-state index contributed by atoms with van der Waals surface area (Å²) in [6.07, 6.45) is 7.77. The third-order valence-electron chi connectivity index (χ3n) is 3.25. The SMILES string of the molecule is Cc1ccc(/C=C2/CCCC(C)C2)cc1. The lowest BCUT2D eigenvalue weighted by Gasteiger charge is -2.20. The lowest BCUT2D eigenvalue weighted by molar-refractivity contribution is 0.455. The van der Waals surface area contributed by atoms with E-state index < -0.39 is 0 Å². The van der Waals surface area contributed by atoms with Crippen molar-refractivity contribution in [3.63, 3.8) is 0 Å². The summed E-state index contributed by atoms with van der Waals surface area (Å²) >= 11 is 0. The number of allylic oxidation sites excluding steroid dienone is 1. The molecule has 1 aliphatic rings. The van der Waals surface area contributed by atoms with Crippen molar-refractivity contribution in [2.24, 2.45) is 5.92 Å². The van der Waals surface area contributed by atoms with Crippen LogP contribution in [0.5, 0.6) is 0 Å². The van der Waals surface area contributed by atoms with E-state index in [0.29, 0.717) is 0 Å². The Hall–Kier alpha value is -1.04. The Balaban J connectivity index is 2.11. The van der Waals surface area contributed by atoms with E-state index in [1.54, 1.807) is 5.57 Å². The molecular weight excluding hydrogens is 180 g/mol. The number of hydrogen-bond acceptors (Lipinski definition) is 0. The van der Waals surface area contributed by atoms with E-state index in [2.05, 4.69) is 44.2 Å². The molecule has 0 amide bonds. The molecule has 1 aromatic rings. The summed E-state index contributed by atoms with van der Waals surface area (Å²) < 4.78 is 0. The van der Waals surface area contributed by atoms with E-state index in [-0.39, 0.29) is 0 Å². The van der Waals surface area contributed by atoms with Gasteiger partial charge in [0.2, 0.25) is 0 Å². The first kappa shape index (κ1) is 10.5. The molecule has 80 valence electrons. The summed E-state index contributed by atoms with van der Waals surface area (Å²) in [6, 6.07) is 8.83. The molecule has 0 heterocycles. The molecule has 0 aliphatic heterocycles. The summed E-state index contributed by atoms with van der Waals surface area (Å²) in [5.41, 5.74) is 4.34. The average Bonchev–Trinajstić information content (AvgIpc) is 2.22. The van der Waals surface area contributed by atoms with Crippen LogP contribution in [0.4, 0.5) is 0 Å². The second-order valence-corrected chi connectivity index (χ2v) is 4.91. The van der Waals surface area contributed by atoms with Crippen LogP contribution in [-0.4, -0.2) is 0 Å². The molecule has 1 saturated carbocycles. The molecular formula is C15H20. The number of rotatable bonds is 1. The molecule has 0 saturated heterocycles. The minimum absolute atomic E-state index is 0.885. The van der Waals surface area contributed by atoms with Crippen molar-refractivity contribution >= 4 is 6.08 Å². The van der Waals surface area contributed by atoms with Gasteiger partial charge in [-0.1, -0.05) is 54.8 Å². The highest BCUT2D eigenvalue weighted by Gasteiger charge is 2.12. The van der Waals surface area contributed by atoms with Crippen LogP contribution < -0.4 is 0 Å². The molecule has 0 N–H and O–H groups in total. The Kier molecular flexibility index (Phi) is 3.25. The van der Waals surface area contributed by atoms with Gasteiger partial charge in [-0.15, -0.1) is 0 Å². The van der Waals surface area contributed by atoms with Gasteiger partial charge in [0.25, 0.3) is 0 Å². The second kappa shape index (κ2) is 4.65. The zero-order valence-electron chi connectivity index (χ0n) is 9.79. The minimum Gasteiger partial charge on any atom is -0.0694 e. The Morgan fingerprint density at radius 2 is 1.93 bits per heavy atom.